The lowest BCUT2D eigenvalue weighted by Crippen LogP contribution is -2.34. The van der Waals surface area contributed by atoms with Crippen LogP contribution in [0.3, 0.4) is 0 Å². The smallest absolute Gasteiger partial charge is 0.119 e. The molecule has 1 saturated heterocycles. The van der Waals surface area contributed by atoms with Crippen LogP contribution in [0.4, 0.5) is 0 Å². The van der Waals surface area contributed by atoms with Gasteiger partial charge in [0.25, 0.3) is 0 Å². The summed E-state index contributed by atoms with van der Waals surface area (Å²) in [5.41, 5.74) is 2.13. The van der Waals surface area contributed by atoms with Crippen molar-refractivity contribution in [3.63, 3.8) is 0 Å². The standard InChI is InChI=1S/C21H27NO3/c1-2-25-19-5-3-4-15(14-19)6-9-17-10-13-20(22-17)21(24)16-7-11-18(23)12-8-16/h3-5,7-8,11-12,14,17,20-24H,2,6,9-10,13H2,1H3. The zero-order chi connectivity index (χ0) is 17.6. The van der Waals surface area contributed by atoms with E-state index in [0.29, 0.717) is 12.6 Å². The summed E-state index contributed by atoms with van der Waals surface area (Å²) < 4.78 is 5.56. The highest BCUT2D eigenvalue weighted by molar-refractivity contribution is 5.29. The molecule has 0 amide bonds. The Balaban J connectivity index is 1.51. The van der Waals surface area contributed by atoms with Crippen molar-refractivity contribution in [1.82, 2.24) is 5.32 Å². The lowest BCUT2D eigenvalue weighted by Gasteiger charge is -2.20. The lowest BCUT2D eigenvalue weighted by atomic mass is 10.0. The summed E-state index contributed by atoms with van der Waals surface area (Å²) in [5, 5.41) is 23.5. The van der Waals surface area contributed by atoms with Gasteiger partial charge in [-0.3, -0.25) is 0 Å². The number of hydrogen-bond donors (Lipinski definition) is 3. The summed E-state index contributed by atoms with van der Waals surface area (Å²) >= 11 is 0. The highest BCUT2D eigenvalue weighted by atomic mass is 16.5. The van der Waals surface area contributed by atoms with Gasteiger partial charge in [-0.2, -0.15) is 0 Å². The second kappa shape index (κ2) is 8.37. The Morgan fingerprint density at radius 1 is 1.16 bits per heavy atom. The number of aromatic hydroxyl groups is 1. The summed E-state index contributed by atoms with van der Waals surface area (Å²) in [4.78, 5) is 0. The molecule has 0 aliphatic carbocycles. The van der Waals surface area contributed by atoms with Gasteiger partial charge in [0.2, 0.25) is 0 Å². The largest absolute Gasteiger partial charge is 0.508 e. The molecule has 3 unspecified atom stereocenters. The molecule has 4 heteroatoms. The molecule has 0 aromatic heterocycles. The molecular formula is C21H27NO3. The van der Waals surface area contributed by atoms with Crippen molar-refractivity contribution < 1.29 is 14.9 Å². The third kappa shape index (κ3) is 4.74. The molecule has 0 radical (unpaired) electrons. The van der Waals surface area contributed by atoms with E-state index in [1.54, 1.807) is 24.3 Å². The van der Waals surface area contributed by atoms with E-state index in [1.807, 2.05) is 19.1 Å². The van der Waals surface area contributed by atoms with Gasteiger partial charge in [0.1, 0.15) is 11.5 Å². The summed E-state index contributed by atoms with van der Waals surface area (Å²) in [6, 6.07) is 15.6. The Kier molecular flexibility index (Phi) is 5.95. The van der Waals surface area contributed by atoms with E-state index in [-0.39, 0.29) is 11.8 Å². The van der Waals surface area contributed by atoms with Crippen LogP contribution in [0, 0.1) is 0 Å². The molecule has 3 atom stereocenters. The van der Waals surface area contributed by atoms with E-state index < -0.39 is 6.10 Å². The van der Waals surface area contributed by atoms with E-state index in [2.05, 4.69) is 17.4 Å². The minimum absolute atomic E-state index is 0.0734. The second-order valence-corrected chi connectivity index (χ2v) is 6.70. The molecule has 1 heterocycles. The van der Waals surface area contributed by atoms with Crippen molar-refractivity contribution >= 4 is 0 Å². The van der Waals surface area contributed by atoms with Crippen LogP contribution in [0.5, 0.6) is 11.5 Å². The molecule has 25 heavy (non-hydrogen) atoms. The predicted octanol–water partition coefficient (Wildman–Crippen LogP) is 3.58. The molecular weight excluding hydrogens is 314 g/mol. The quantitative estimate of drug-likeness (QED) is 0.720. The van der Waals surface area contributed by atoms with Gasteiger partial charge in [-0.05, 0) is 68.0 Å². The number of rotatable bonds is 7. The Hall–Kier alpha value is -2.04. The highest BCUT2D eigenvalue weighted by Gasteiger charge is 2.29. The Morgan fingerprint density at radius 3 is 2.72 bits per heavy atom. The molecule has 2 aromatic carbocycles. The first-order valence-corrected chi connectivity index (χ1v) is 9.10. The average molecular weight is 341 g/mol. The zero-order valence-corrected chi connectivity index (χ0v) is 14.7. The monoisotopic (exact) mass is 341 g/mol. The first-order valence-electron chi connectivity index (χ1n) is 9.10. The molecule has 1 aliphatic rings. The fourth-order valence-electron chi connectivity index (χ4n) is 3.53. The number of aliphatic hydroxyl groups excluding tert-OH is 1. The molecule has 4 nitrogen and oxygen atoms in total. The van der Waals surface area contributed by atoms with Crippen LogP contribution < -0.4 is 10.1 Å². The van der Waals surface area contributed by atoms with Gasteiger partial charge >= 0.3 is 0 Å². The van der Waals surface area contributed by atoms with E-state index >= 15 is 0 Å². The Labute approximate surface area is 149 Å². The highest BCUT2D eigenvalue weighted by Crippen LogP contribution is 2.28. The number of nitrogens with one attached hydrogen (secondary N) is 1. The lowest BCUT2D eigenvalue weighted by molar-refractivity contribution is 0.135. The molecule has 1 aliphatic heterocycles. The molecule has 1 fully saturated rings. The van der Waals surface area contributed by atoms with Gasteiger partial charge in [0.15, 0.2) is 0 Å². The van der Waals surface area contributed by atoms with E-state index in [4.69, 9.17) is 4.74 Å². The van der Waals surface area contributed by atoms with Crippen LogP contribution in [-0.4, -0.2) is 28.9 Å². The zero-order valence-electron chi connectivity index (χ0n) is 14.7. The number of phenolic OH excluding ortho intramolecular Hbond substituents is 1. The first-order chi connectivity index (χ1) is 12.2. The van der Waals surface area contributed by atoms with Crippen LogP contribution in [0.2, 0.25) is 0 Å². The molecule has 3 rings (SSSR count). The third-order valence-corrected chi connectivity index (χ3v) is 4.88. The summed E-state index contributed by atoms with van der Waals surface area (Å²) in [5.74, 6) is 1.16. The Bertz CT molecular complexity index is 671. The maximum atomic E-state index is 10.5. The van der Waals surface area contributed by atoms with Gasteiger partial charge in [-0.15, -0.1) is 0 Å². The van der Waals surface area contributed by atoms with Gasteiger partial charge in [0.05, 0.1) is 12.7 Å². The molecule has 2 aromatic rings. The second-order valence-electron chi connectivity index (χ2n) is 6.70. The number of aryl methyl sites for hydroxylation is 1. The SMILES string of the molecule is CCOc1cccc(CCC2CCC(C(O)c3ccc(O)cc3)N2)c1. The molecule has 0 saturated carbocycles. The minimum atomic E-state index is -0.535. The van der Waals surface area contributed by atoms with Gasteiger partial charge in [-0.25, -0.2) is 0 Å². The van der Waals surface area contributed by atoms with Crippen LogP contribution in [-0.2, 0) is 6.42 Å². The fourth-order valence-corrected chi connectivity index (χ4v) is 3.53. The van der Waals surface area contributed by atoms with Crippen LogP contribution in [0.25, 0.3) is 0 Å². The van der Waals surface area contributed by atoms with Gasteiger partial charge < -0.3 is 20.3 Å². The first kappa shape index (κ1) is 17.8. The predicted molar refractivity (Wildman–Crippen MR) is 98.9 cm³/mol. The van der Waals surface area contributed by atoms with Crippen molar-refractivity contribution in [3.8, 4) is 11.5 Å². The number of benzene rings is 2. The van der Waals surface area contributed by atoms with Crippen LogP contribution in [0.1, 0.15) is 43.4 Å². The van der Waals surface area contributed by atoms with E-state index in [9.17, 15) is 10.2 Å². The van der Waals surface area contributed by atoms with Crippen molar-refractivity contribution in [2.75, 3.05) is 6.61 Å². The summed E-state index contributed by atoms with van der Waals surface area (Å²) in [6.45, 7) is 2.68. The normalized spacial score (nSPS) is 21.2. The van der Waals surface area contributed by atoms with Crippen molar-refractivity contribution in [3.05, 3.63) is 59.7 Å². The summed E-state index contributed by atoms with van der Waals surface area (Å²) in [6.07, 6.45) is 3.55. The van der Waals surface area contributed by atoms with Crippen LogP contribution in [0.15, 0.2) is 48.5 Å². The molecule has 134 valence electrons. The van der Waals surface area contributed by atoms with Gasteiger partial charge in [-0.1, -0.05) is 24.3 Å². The maximum absolute atomic E-state index is 10.5. The number of ether oxygens (including phenoxy) is 1. The Morgan fingerprint density at radius 2 is 1.96 bits per heavy atom. The average Bonchev–Trinajstić information content (AvgIpc) is 3.10. The minimum Gasteiger partial charge on any atom is -0.508 e. The van der Waals surface area contributed by atoms with E-state index in [1.165, 1.54) is 5.56 Å². The molecule has 3 N–H and O–H groups in total. The maximum Gasteiger partial charge on any atom is 0.119 e. The topological polar surface area (TPSA) is 61.7 Å². The van der Waals surface area contributed by atoms with Crippen molar-refractivity contribution in [2.45, 2.75) is 50.8 Å². The fraction of sp³-hybridized carbons (Fsp3) is 0.429. The molecule has 0 spiro atoms. The summed E-state index contributed by atoms with van der Waals surface area (Å²) in [7, 11) is 0. The molecule has 0 bridgehead atoms. The van der Waals surface area contributed by atoms with E-state index in [0.717, 1.165) is 37.0 Å². The third-order valence-electron chi connectivity index (χ3n) is 4.88. The number of hydrogen-bond acceptors (Lipinski definition) is 4. The number of aliphatic hydroxyl groups is 1. The van der Waals surface area contributed by atoms with Crippen molar-refractivity contribution in [2.24, 2.45) is 0 Å². The number of phenols is 1. The van der Waals surface area contributed by atoms with Gasteiger partial charge in [0, 0.05) is 12.1 Å². The van der Waals surface area contributed by atoms with Crippen molar-refractivity contribution in [1.29, 1.82) is 0 Å². The van der Waals surface area contributed by atoms with Crippen LogP contribution >= 0.6 is 0 Å².